The summed E-state index contributed by atoms with van der Waals surface area (Å²) in [5.74, 6) is -0.330. The molecule has 2 saturated heterocycles. The third-order valence-corrected chi connectivity index (χ3v) is 3.40. The topological polar surface area (TPSA) is 71.1 Å². The summed E-state index contributed by atoms with van der Waals surface area (Å²) in [6.45, 7) is 5.87. The van der Waals surface area contributed by atoms with Crippen LogP contribution in [0.15, 0.2) is 0 Å². The number of ether oxygens (including phenoxy) is 4. The molecule has 0 spiro atoms. The molecule has 0 bridgehead atoms. The maximum absolute atomic E-state index is 10.9. The molecular weight excluding hydrogens is 288 g/mol. The molecule has 2 atom stereocenters. The van der Waals surface area contributed by atoms with Crippen LogP contribution in [0.3, 0.4) is 0 Å². The molecule has 0 N–H and O–H groups in total. The number of carbonyl (C=O) groups excluding carboxylic acids is 2. The highest BCUT2D eigenvalue weighted by molar-refractivity contribution is 5.69. The SMILES string of the molecule is CC(=O)OCC1CCCO1.CCCC(=O)OCC1CCCO1. The minimum atomic E-state index is -0.226. The van der Waals surface area contributed by atoms with Gasteiger partial charge in [-0.3, -0.25) is 9.59 Å². The van der Waals surface area contributed by atoms with Crippen molar-refractivity contribution in [2.75, 3.05) is 26.4 Å². The number of rotatable bonds is 6. The van der Waals surface area contributed by atoms with Crippen molar-refractivity contribution in [2.24, 2.45) is 0 Å². The van der Waals surface area contributed by atoms with E-state index in [1.165, 1.54) is 6.92 Å². The van der Waals surface area contributed by atoms with Crippen molar-refractivity contribution < 1.29 is 28.5 Å². The predicted molar refractivity (Wildman–Crippen MR) is 80.4 cm³/mol. The van der Waals surface area contributed by atoms with E-state index in [0.29, 0.717) is 19.6 Å². The Morgan fingerprint density at radius 3 is 1.95 bits per heavy atom. The zero-order valence-electron chi connectivity index (χ0n) is 13.7. The van der Waals surface area contributed by atoms with Crippen LogP contribution >= 0.6 is 0 Å². The highest BCUT2D eigenvalue weighted by atomic mass is 16.6. The van der Waals surface area contributed by atoms with Gasteiger partial charge in [0, 0.05) is 26.6 Å². The maximum Gasteiger partial charge on any atom is 0.305 e. The van der Waals surface area contributed by atoms with Crippen LogP contribution in [0.5, 0.6) is 0 Å². The normalized spacial score (nSPS) is 23.5. The molecule has 128 valence electrons. The van der Waals surface area contributed by atoms with E-state index in [4.69, 9.17) is 18.9 Å². The third-order valence-electron chi connectivity index (χ3n) is 3.40. The maximum atomic E-state index is 10.9. The first-order valence-corrected chi connectivity index (χ1v) is 8.14. The lowest BCUT2D eigenvalue weighted by Crippen LogP contribution is -2.17. The number of carbonyl (C=O) groups is 2. The molecule has 0 aromatic heterocycles. The van der Waals surface area contributed by atoms with Crippen LogP contribution in [0.25, 0.3) is 0 Å². The van der Waals surface area contributed by atoms with Gasteiger partial charge in [0.1, 0.15) is 13.2 Å². The standard InChI is InChI=1S/C9H16O3.C7H12O3/c1-2-4-9(10)12-7-8-5-3-6-11-8;1-6(8)10-5-7-3-2-4-9-7/h8H,2-7H2,1H3;7H,2-5H2,1H3. The van der Waals surface area contributed by atoms with Crippen LogP contribution in [0, 0.1) is 0 Å². The van der Waals surface area contributed by atoms with E-state index in [0.717, 1.165) is 45.3 Å². The highest BCUT2D eigenvalue weighted by Gasteiger charge is 2.17. The first kappa shape index (κ1) is 18.9. The summed E-state index contributed by atoms with van der Waals surface area (Å²) in [6.07, 6.45) is 5.92. The second-order valence-corrected chi connectivity index (χ2v) is 5.51. The van der Waals surface area contributed by atoms with E-state index >= 15 is 0 Å². The van der Waals surface area contributed by atoms with Crippen LogP contribution in [-0.4, -0.2) is 50.6 Å². The van der Waals surface area contributed by atoms with Crippen LogP contribution < -0.4 is 0 Å². The van der Waals surface area contributed by atoms with Gasteiger partial charge < -0.3 is 18.9 Å². The summed E-state index contributed by atoms with van der Waals surface area (Å²) >= 11 is 0. The second-order valence-electron chi connectivity index (χ2n) is 5.51. The molecule has 2 heterocycles. The lowest BCUT2D eigenvalue weighted by Gasteiger charge is -2.09. The fourth-order valence-electron chi connectivity index (χ4n) is 2.22. The summed E-state index contributed by atoms with van der Waals surface area (Å²) in [5, 5.41) is 0. The van der Waals surface area contributed by atoms with Gasteiger partial charge in [0.2, 0.25) is 0 Å². The Labute approximate surface area is 132 Å². The Morgan fingerprint density at radius 2 is 1.55 bits per heavy atom. The lowest BCUT2D eigenvalue weighted by molar-refractivity contribution is -0.147. The monoisotopic (exact) mass is 316 g/mol. The summed E-state index contributed by atoms with van der Waals surface area (Å²) in [7, 11) is 0. The molecule has 2 aliphatic rings. The summed E-state index contributed by atoms with van der Waals surface area (Å²) in [4.78, 5) is 21.2. The van der Waals surface area contributed by atoms with E-state index in [9.17, 15) is 9.59 Å². The molecule has 2 aliphatic heterocycles. The Hall–Kier alpha value is -1.14. The molecule has 0 radical (unpaired) electrons. The minimum Gasteiger partial charge on any atom is -0.463 e. The average molecular weight is 316 g/mol. The van der Waals surface area contributed by atoms with Crippen LogP contribution in [0.4, 0.5) is 0 Å². The largest absolute Gasteiger partial charge is 0.463 e. The van der Waals surface area contributed by atoms with E-state index in [2.05, 4.69) is 0 Å². The summed E-state index contributed by atoms with van der Waals surface area (Å²) < 4.78 is 20.3. The quantitative estimate of drug-likeness (QED) is 0.700. The molecule has 0 aromatic carbocycles. The van der Waals surface area contributed by atoms with Gasteiger partial charge in [-0.1, -0.05) is 6.92 Å². The van der Waals surface area contributed by atoms with Gasteiger partial charge in [-0.2, -0.15) is 0 Å². The van der Waals surface area contributed by atoms with Gasteiger partial charge in [0.15, 0.2) is 0 Å². The lowest BCUT2D eigenvalue weighted by atomic mass is 10.2. The fourth-order valence-corrected chi connectivity index (χ4v) is 2.22. The van der Waals surface area contributed by atoms with Gasteiger partial charge in [-0.05, 0) is 32.1 Å². The van der Waals surface area contributed by atoms with Gasteiger partial charge in [-0.15, -0.1) is 0 Å². The summed E-state index contributed by atoms with van der Waals surface area (Å²) in [6, 6.07) is 0. The third kappa shape index (κ3) is 9.00. The predicted octanol–water partition coefficient (Wildman–Crippen LogP) is 2.24. The van der Waals surface area contributed by atoms with Crippen molar-refractivity contribution in [1.29, 1.82) is 0 Å². The number of hydrogen-bond donors (Lipinski definition) is 0. The van der Waals surface area contributed by atoms with Gasteiger partial charge in [0.25, 0.3) is 0 Å². The average Bonchev–Trinajstić information content (AvgIpc) is 3.17. The smallest absolute Gasteiger partial charge is 0.305 e. The molecule has 0 aliphatic carbocycles. The van der Waals surface area contributed by atoms with E-state index in [-0.39, 0.29) is 24.1 Å². The minimum absolute atomic E-state index is 0.104. The molecule has 2 unspecified atom stereocenters. The van der Waals surface area contributed by atoms with Crippen LogP contribution in [0.2, 0.25) is 0 Å². The first-order valence-electron chi connectivity index (χ1n) is 8.14. The van der Waals surface area contributed by atoms with Crippen molar-refractivity contribution >= 4 is 11.9 Å². The van der Waals surface area contributed by atoms with Crippen molar-refractivity contribution in [1.82, 2.24) is 0 Å². The highest BCUT2D eigenvalue weighted by Crippen LogP contribution is 2.12. The second kappa shape index (κ2) is 11.4. The van der Waals surface area contributed by atoms with Crippen molar-refractivity contribution in [3.8, 4) is 0 Å². The Balaban J connectivity index is 0.000000224. The van der Waals surface area contributed by atoms with Gasteiger partial charge >= 0.3 is 11.9 Å². The Bertz CT molecular complexity index is 319. The molecule has 0 aromatic rings. The molecule has 0 saturated carbocycles. The Kier molecular flexibility index (Phi) is 9.82. The van der Waals surface area contributed by atoms with Gasteiger partial charge in [-0.25, -0.2) is 0 Å². The van der Waals surface area contributed by atoms with E-state index < -0.39 is 0 Å². The fraction of sp³-hybridized carbons (Fsp3) is 0.875. The molecule has 6 heteroatoms. The molecule has 0 amide bonds. The zero-order chi connectivity index (χ0) is 16.2. The zero-order valence-corrected chi connectivity index (χ0v) is 13.7. The number of hydrogen-bond acceptors (Lipinski definition) is 6. The van der Waals surface area contributed by atoms with Crippen molar-refractivity contribution in [3.05, 3.63) is 0 Å². The van der Waals surface area contributed by atoms with Crippen molar-refractivity contribution in [3.63, 3.8) is 0 Å². The first-order chi connectivity index (χ1) is 10.6. The van der Waals surface area contributed by atoms with E-state index in [1.54, 1.807) is 0 Å². The molecule has 2 rings (SSSR count). The van der Waals surface area contributed by atoms with Crippen LogP contribution in [-0.2, 0) is 28.5 Å². The van der Waals surface area contributed by atoms with Gasteiger partial charge in [0.05, 0.1) is 12.2 Å². The van der Waals surface area contributed by atoms with E-state index in [1.807, 2.05) is 6.92 Å². The molecular formula is C16H28O6. The molecule has 2 fully saturated rings. The number of esters is 2. The molecule has 22 heavy (non-hydrogen) atoms. The molecule has 6 nitrogen and oxygen atoms in total. The summed E-state index contributed by atoms with van der Waals surface area (Å²) in [5.41, 5.74) is 0. The Morgan fingerprint density at radius 1 is 1.00 bits per heavy atom. The van der Waals surface area contributed by atoms with Crippen molar-refractivity contribution in [2.45, 2.75) is 64.6 Å². The van der Waals surface area contributed by atoms with Crippen LogP contribution in [0.1, 0.15) is 52.4 Å².